The summed E-state index contributed by atoms with van der Waals surface area (Å²) < 4.78 is 10.8. The van der Waals surface area contributed by atoms with Crippen LogP contribution in [0.3, 0.4) is 0 Å². The number of benzene rings is 2. The third-order valence-electron chi connectivity index (χ3n) is 4.90. The molecule has 0 radical (unpaired) electrons. The van der Waals surface area contributed by atoms with Crippen molar-refractivity contribution < 1.29 is 24.0 Å². The molecule has 2 amide bonds. The minimum absolute atomic E-state index is 0.134. The normalized spacial score (nSPS) is 14.6. The second-order valence-corrected chi connectivity index (χ2v) is 7.51. The van der Waals surface area contributed by atoms with Gasteiger partial charge in [-0.25, -0.2) is 0 Å². The molecule has 31 heavy (non-hydrogen) atoms. The average Bonchev–Trinajstić information content (AvgIpc) is 2.76. The SMILES string of the molecule is CCOc1ccc(NC(=O)C[NH+](C)CC(=O)Nc2ccc(N3CCOCC3)cc2)cc1. The van der Waals surface area contributed by atoms with Crippen molar-refractivity contribution in [3.63, 3.8) is 0 Å². The molecule has 1 fully saturated rings. The summed E-state index contributed by atoms with van der Waals surface area (Å²) in [5, 5.41) is 5.74. The number of rotatable bonds is 9. The maximum absolute atomic E-state index is 12.3. The fourth-order valence-electron chi connectivity index (χ4n) is 3.40. The van der Waals surface area contributed by atoms with Crippen LogP contribution in [-0.2, 0) is 14.3 Å². The topological polar surface area (TPSA) is 84.3 Å². The molecule has 1 heterocycles. The van der Waals surface area contributed by atoms with Gasteiger partial charge in [0.2, 0.25) is 0 Å². The predicted octanol–water partition coefficient (Wildman–Crippen LogP) is 1.01. The molecular weight excluding hydrogens is 396 g/mol. The molecule has 8 nitrogen and oxygen atoms in total. The number of nitrogens with one attached hydrogen (secondary N) is 3. The zero-order chi connectivity index (χ0) is 22.1. The summed E-state index contributed by atoms with van der Waals surface area (Å²) in [5.41, 5.74) is 2.56. The smallest absolute Gasteiger partial charge is 0.279 e. The maximum atomic E-state index is 12.3. The summed E-state index contributed by atoms with van der Waals surface area (Å²) in [4.78, 5) is 27.7. The summed E-state index contributed by atoms with van der Waals surface area (Å²) >= 11 is 0. The molecule has 1 atom stereocenters. The Bertz CT molecular complexity index is 849. The van der Waals surface area contributed by atoms with Crippen molar-refractivity contribution in [2.24, 2.45) is 0 Å². The molecule has 0 bridgehead atoms. The predicted molar refractivity (Wildman–Crippen MR) is 121 cm³/mol. The number of hydrogen-bond acceptors (Lipinski definition) is 5. The van der Waals surface area contributed by atoms with E-state index in [1.54, 1.807) is 12.1 Å². The molecule has 1 aliphatic rings. The Morgan fingerprint density at radius 1 is 0.935 bits per heavy atom. The zero-order valence-corrected chi connectivity index (χ0v) is 18.1. The number of amides is 2. The van der Waals surface area contributed by atoms with Crippen LogP contribution >= 0.6 is 0 Å². The Morgan fingerprint density at radius 3 is 1.97 bits per heavy atom. The molecule has 166 valence electrons. The van der Waals surface area contributed by atoms with Crippen molar-refractivity contribution in [2.45, 2.75) is 6.92 Å². The van der Waals surface area contributed by atoms with Crippen LogP contribution in [0.1, 0.15) is 6.92 Å². The second-order valence-electron chi connectivity index (χ2n) is 7.51. The fraction of sp³-hybridized carbons (Fsp3) is 0.391. The molecule has 2 aromatic rings. The van der Waals surface area contributed by atoms with E-state index in [4.69, 9.17) is 9.47 Å². The van der Waals surface area contributed by atoms with Gasteiger partial charge in [0.25, 0.3) is 11.8 Å². The molecule has 0 aromatic heterocycles. The van der Waals surface area contributed by atoms with E-state index in [0.717, 1.165) is 48.3 Å². The van der Waals surface area contributed by atoms with E-state index in [-0.39, 0.29) is 24.9 Å². The zero-order valence-electron chi connectivity index (χ0n) is 18.1. The summed E-state index contributed by atoms with van der Waals surface area (Å²) in [6.07, 6.45) is 0. The van der Waals surface area contributed by atoms with Gasteiger partial charge in [-0.15, -0.1) is 0 Å². The Labute approximate surface area is 183 Å². The first-order chi connectivity index (χ1) is 15.0. The highest BCUT2D eigenvalue weighted by atomic mass is 16.5. The minimum Gasteiger partial charge on any atom is -0.494 e. The van der Waals surface area contributed by atoms with Crippen molar-refractivity contribution in [1.82, 2.24) is 0 Å². The highest BCUT2D eigenvalue weighted by Crippen LogP contribution is 2.19. The lowest BCUT2D eigenvalue weighted by atomic mass is 10.2. The summed E-state index contributed by atoms with van der Waals surface area (Å²) in [6.45, 7) is 6.13. The Balaban J connectivity index is 1.41. The van der Waals surface area contributed by atoms with Crippen molar-refractivity contribution in [2.75, 3.05) is 68.6 Å². The standard InChI is InChI=1S/C23H30N4O4/c1-3-31-21-10-6-19(7-11-21)25-23(29)17-26(2)16-22(28)24-18-4-8-20(9-5-18)27-12-14-30-15-13-27/h4-11H,3,12-17H2,1-2H3,(H,24,28)(H,25,29)/p+1. The average molecular weight is 428 g/mol. The number of morpholine rings is 1. The van der Waals surface area contributed by atoms with E-state index in [9.17, 15) is 9.59 Å². The number of likely N-dealkylation sites (N-methyl/N-ethyl adjacent to an activating group) is 1. The molecule has 8 heteroatoms. The Hall–Kier alpha value is -3.10. The van der Waals surface area contributed by atoms with E-state index >= 15 is 0 Å². The first-order valence-corrected chi connectivity index (χ1v) is 10.6. The van der Waals surface area contributed by atoms with Crippen LogP contribution in [0.5, 0.6) is 5.75 Å². The molecular formula is C23H31N4O4+. The van der Waals surface area contributed by atoms with Gasteiger partial charge >= 0.3 is 0 Å². The van der Waals surface area contributed by atoms with Crippen LogP contribution in [-0.4, -0.2) is 64.9 Å². The van der Waals surface area contributed by atoms with E-state index in [1.165, 1.54) is 0 Å². The number of hydrogen-bond donors (Lipinski definition) is 3. The Kier molecular flexibility index (Phi) is 8.26. The van der Waals surface area contributed by atoms with Crippen molar-refractivity contribution in [3.05, 3.63) is 48.5 Å². The lowest BCUT2D eigenvalue weighted by molar-refractivity contribution is -0.862. The highest BCUT2D eigenvalue weighted by Gasteiger charge is 2.15. The molecule has 3 N–H and O–H groups in total. The van der Waals surface area contributed by atoms with Crippen LogP contribution in [0, 0.1) is 0 Å². The van der Waals surface area contributed by atoms with E-state index in [1.807, 2.05) is 50.4 Å². The summed E-state index contributed by atoms with van der Waals surface area (Å²) in [5.74, 6) is 0.479. The van der Waals surface area contributed by atoms with E-state index in [2.05, 4.69) is 15.5 Å². The van der Waals surface area contributed by atoms with Gasteiger partial charge in [0.1, 0.15) is 5.75 Å². The molecule has 0 saturated carbocycles. The number of ether oxygens (including phenoxy) is 2. The molecule has 2 aromatic carbocycles. The monoisotopic (exact) mass is 427 g/mol. The molecule has 3 rings (SSSR count). The molecule has 0 spiro atoms. The summed E-state index contributed by atoms with van der Waals surface area (Å²) in [6, 6.07) is 15.0. The number of carbonyl (C=O) groups excluding carboxylic acids is 2. The van der Waals surface area contributed by atoms with Crippen LogP contribution in [0.15, 0.2) is 48.5 Å². The highest BCUT2D eigenvalue weighted by molar-refractivity contribution is 5.93. The molecule has 1 saturated heterocycles. The van der Waals surface area contributed by atoms with Crippen LogP contribution in [0.2, 0.25) is 0 Å². The van der Waals surface area contributed by atoms with Crippen LogP contribution < -0.4 is 25.2 Å². The van der Waals surface area contributed by atoms with Gasteiger partial charge in [0.15, 0.2) is 13.1 Å². The minimum atomic E-state index is -0.149. The Morgan fingerprint density at radius 2 is 1.45 bits per heavy atom. The van der Waals surface area contributed by atoms with Crippen molar-refractivity contribution in [3.8, 4) is 5.75 Å². The lowest BCUT2D eigenvalue weighted by Crippen LogP contribution is -3.11. The van der Waals surface area contributed by atoms with Gasteiger partial charge in [-0.3, -0.25) is 9.59 Å². The molecule has 1 aliphatic heterocycles. The van der Waals surface area contributed by atoms with Crippen LogP contribution in [0.25, 0.3) is 0 Å². The van der Waals surface area contributed by atoms with Gasteiger partial charge < -0.3 is 29.9 Å². The van der Waals surface area contributed by atoms with Crippen LogP contribution in [0.4, 0.5) is 17.1 Å². The maximum Gasteiger partial charge on any atom is 0.279 e. The van der Waals surface area contributed by atoms with Gasteiger partial charge in [-0.05, 0) is 55.5 Å². The third kappa shape index (κ3) is 7.27. The largest absolute Gasteiger partial charge is 0.494 e. The van der Waals surface area contributed by atoms with Gasteiger partial charge in [-0.2, -0.15) is 0 Å². The quantitative estimate of drug-likeness (QED) is 0.556. The lowest BCUT2D eigenvalue weighted by Gasteiger charge is -2.28. The number of anilines is 3. The van der Waals surface area contributed by atoms with Gasteiger partial charge in [0, 0.05) is 30.2 Å². The fourth-order valence-corrected chi connectivity index (χ4v) is 3.40. The second kappa shape index (κ2) is 11.3. The third-order valence-corrected chi connectivity index (χ3v) is 4.90. The molecule has 1 unspecified atom stereocenters. The first kappa shape index (κ1) is 22.6. The number of carbonyl (C=O) groups is 2. The summed E-state index contributed by atoms with van der Waals surface area (Å²) in [7, 11) is 1.82. The van der Waals surface area contributed by atoms with Gasteiger partial charge in [0.05, 0.1) is 26.9 Å². The van der Waals surface area contributed by atoms with E-state index < -0.39 is 0 Å². The van der Waals surface area contributed by atoms with Crippen molar-refractivity contribution in [1.29, 1.82) is 0 Å². The van der Waals surface area contributed by atoms with E-state index in [0.29, 0.717) is 12.3 Å². The number of nitrogens with zero attached hydrogens (tertiary/aromatic N) is 1. The molecule has 0 aliphatic carbocycles. The first-order valence-electron chi connectivity index (χ1n) is 10.6. The number of quaternary nitrogens is 1. The van der Waals surface area contributed by atoms with Gasteiger partial charge in [-0.1, -0.05) is 0 Å². The van der Waals surface area contributed by atoms with Crippen molar-refractivity contribution >= 4 is 28.9 Å².